The number of nitrogens with one attached hydrogen (secondary N) is 1. The van der Waals surface area contributed by atoms with Crippen molar-refractivity contribution in [2.24, 2.45) is 0 Å². The molecule has 8 heteroatoms. The van der Waals surface area contributed by atoms with Gasteiger partial charge in [-0.25, -0.2) is 8.78 Å². The highest BCUT2D eigenvalue weighted by atomic mass is 19.3. The molecule has 6 nitrogen and oxygen atoms in total. The predicted molar refractivity (Wildman–Crippen MR) is 88.0 cm³/mol. The Balaban J connectivity index is 1.45. The molecule has 0 spiro atoms. The van der Waals surface area contributed by atoms with Gasteiger partial charge in [-0.2, -0.15) is 4.52 Å². The number of hydrogen-bond donors (Lipinski definition) is 1. The molecule has 1 saturated carbocycles. The maximum absolute atomic E-state index is 12.2. The molecule has 1 fully saturated rings. The molecule has 4 rings (SSSR count). The molecule has 0 saturated heterocycles. The lowest BCUT2D eigenvalue weighted by molar-refractivity contribution is 0.0818. The number of halogens is 2. The Morgan fingerprint density at radius 1 is 1.20 bits per heavy atom. The summed E-state index contributed by atoms with van der Waals surface area (Å²) >= 11 is 0. The van der Waals surface area contributed by atoms with Crippen LogP contribution in [0.15, 0.2) is 36.4 Å². The fraction of sp³-hybridized carbons (Fsp3) is 0.353. The molecule has 0 aliphatic heterocycles. The van der Waals surface area contributed by atoms with Crippen molar-refractivity contribution >= 4 is 11.5 Å². The van der Waals surface area contributed by atoms with Crippen LogP contribution in [-0.4, -0.2) is 32.8 Å². The zero-order valence-corrected chi connectivity index (χ0v) is 13.4. The molecule has 130 valence electrons. The number of benzene rings is 1. The Morgan fingerprint density at radius 3 is 2.88 bits per heavy atom. The lowest BCUT2D eigenvalue weighted by Gasteiger charge is -2.09. The van der Waals surface area contributed by atoms with E-state index in [1.165, 1.54) is 0 Å². The number of ether oxygens (including phenoxy) is 1. The Bertz CT molecular complexity index is 878. The van der Waals surface area contributed by atoms with Crippen molar-refractivity contribution in [3.63, 3.8) is 0 Å². The van der Waals surface area contributed by atoms with E-state index in [1.807, 2.05) is 18.2 Å². The summed E-state index contributed by atoms with van der Waals surface area (Å²) in [7, 11) is 0. The van der Waals surface area contributed by atoms with Gasteiger partial charge in [0.2, 0.25) is 0 Å². The molecule has 25 heavy (non-hydrogen) atoms. The third-order valence-corrected chi connectivity index (χ3v) is 3.98. The topological polar surface area (TPSA) is 64.3 Å². The summed E-state index contributed by atoms with van der Waals surface area (Å²) in [6, 6.07) is 10.8. The third kappa shape index (κ3) is 3.67. The highest BCUT2D eigenvalue weighted by molar-refractivity contribution is 5.45. The number of aromatic nitrogens is 4. The zero-order chi connectivity index (χ0) is 17.2. The van der Waals surface area contributed by atoms with Crippen molar-refractivity contribution in [3.8, 4) is 5.75 Å². The second kappa shape index (κ2) is 6.62. The van der Waals surface area contributed by atoms with E-state index in [0.717, 1.165) is 29.9 Å². The molecule has 1 aliphatic carbocycles. The first-order chi connectivity index (χ1) is 12.2. The summed E-state index contributed by atoms with van der Waals surface area (Å²) in [6.07, 6.45) is -0.223. The van der Waals surface area contributed by atoms with Gasteiger partial charge in [-0.1, -0.05) is 12.1 Å². The fourth-order valence-corrected chi connectivity index (χ4v) is 2.59. The molecule has 1 aromatic carbocycles. The second-order valence-corrected chi connectivity index (χ2v) is 6.02. The highest BCUT2D eigenvalue weighted by Crippen LogP contribution is 2.38. The molecular formula is C17H17F2N5O. The van der Waals surface area contributed by atoms with Crippen LogP contribution in [-0.2, 0) is 6.54 Å². The van der Waals surface area contributed by atoms with Crippen LogP contribution in [0.3, 0.4) is 0 Å². The Kier molecular flexibility index (Phi) is 4.17. The Hall–Kier alpha value is -2.77. The number of fused-ring (bicyclic) bond motifs is 1. The summed E-state index contributed by atoms with van der Waals surface area (Å²) in [5.74, 6) is 2.49. The minimum atomic E-state index is -2.48. The van der Waals surface area contributed by atoms with Crippen LogP contribution in [0.2, 0.25) is 0 Å². The van der Waals surface area contributed by atoms with Crippen molar-refractivity contribution in [1.82, 2.24) is 19.8 Å². The van der Waals surface area contributed by atoms with Crippen molar-refractivity contribution in [1.29, 1.82) is 0 Å². The van der Waals surface area contributed by atoms with E-state index in [2.05, 4.69) is 20.6 Å². The molecule has 3 aromatic rings. The second-order valence-electron chi connectivity index (χ2n) is 6.02. The summed E-state index contributed by atoms with van der Waals surface area (Å²) in [6.45, 7) is -0.0993. The van der Waals surface area contributed by atoms with Crippen LogP contribution in [0.5, 0.6) is 5.75 Å². The monoisotopic (exact) mass is 345 g/mol. The van der Waals surface area contributed by atoms with E-state index < -0.39 is 13.0 Å². The molecule has 2 heterocycles. The average molecular weight is 345 g/mol. The smallest absolute Gasteiger partial charge is 0.272 e. The van der Waals surface area contributed by atoms with E-state index in [1.54, 1.807) is 22.7 Å². The van der Waals surface area contributed by atoms with E-state index in [0.29, 0.717) is 24.0 Å². The maximum Gasteiger partial charge on any atom is 0.272 e. The van der Waals surface area contributed by atoms with Gasteiger partial charge < -0.3 is 10.1 Å². The van der Waals surface area contributed by atoms with E-state index >= 15 is 0 Å². The Labute approximate surface area is 142 Å². The van der Waals surface area contributed by atoms with E-state index in [-0.39, 0.29) is 0 Å². The van der Waals surface area contributed by atoms with Gasteiger partial charge in [0.25, 0.3) is 6.43 Å². The fourth-order valence-electron chi connectivity index (χ4n) is 2.59. The van der Waals surface area contributed by atoms with Crippen LogP contribution < -0.4 is 10.1 Å². The molecule has 2 aromatic heterocycles. The van der Waals surface area contributed by atoms with E-state index in [4.69, 9.17) is 4.74 Å². The average Bonchev–Trinajstić information content (AvgIpc) is 3.38. The maximum atomic E-state index is 12.2. The van der Waals surface area contributed by atoms with Gasteiger partial charge in [0, 0.05) is 12.5 Å². The van der Waals surface area contributed by atoms with Crippen LogP contribution >= 0.6 is 0 Å². The van der Waals surface area contributed by atoms with Crippen molar-refractivity contribution < 1.29 is 13.5 Å². The molecule has 0 bridgehead atoms. The summed E-state index contributed by atoms with van der Waals surface area (Å²) in [5, 5.41) is 16.1. The quantitative estimate of drug-likeness (QED) is 0.712. The van der Waals surface area contributed by atoms with Gasteiger partial charge >= 0.3 is 0 Å². The molecule has 1 N–H and O–H groups in total. The molecular weight excluding hydrogens is 328 g/mol. The number of rotatable bonds is 7. The first-order valence-corrected chi connectivity index (χ1v) is 8.15. The van der Waals surface area contributed by atoms with Crippen molar-refractivity contribution in [3.05, 3.63) is 47.8 Å². The van der Waals surface area contributed by atoms with Crippen LogP contribution in [0, 0.1) is 0 Å². The normalized spacial score (nSPS) is 14.2. The minimum absolute atomic E-state index is 0.429. The summed E-state index contributed by atoms with van der Waals surface area (Å²) in [5.41, 5.74) is 1.65. The highest BCUT2D eigenvalue weighted by Gasteiger charge is 2.29. The first-order valence-electron chi connectivity index (χ1n) is 8.15. The van der Waals surface area contributed by atoms with Crippen LogP contribution in [0.25, 0.3) is 5.65 Å². The zero-order valence-electron chi connectivity index (χ0n) is 13.4. The Morgan fingerprint density at radius 2 is 2.08 bits per heavy atom. The van der Waals surface area contributed by atoms with Gasteiger partial charge in [-0.15, -0.1) is 15.3 Å². The molecule has 1 aliphatic rings. The molecule has 0 radical (unpaired) electrons. The lowest BCUT2D eigenvalue weighted by Crippen LogP contribution is -2.08. The molecule has 0 amide bonds. The standard InChI is InChI=1S/C17H17F2N5O/c18-14(19)10-25-13-3-1-2-11(8-13)9-20-15-6-7-16-21-22-17(12-4-5-12)24(16)23-15/h1-3,6-8,12,14H,4-5,9-10H2,(H,20,23). The van der Waals surface area contributed by atoms with Crippen molar-refractivity contribution in [2.75, 3.05) is 11.9 Å². The van der Waals surface area contributed by atoms with E-state index in [9.17, 15) is 8.78 Å². The number of hydrogen-bond acceptors (Lipinski definition) is 5. The first kappa shape index (κ1) is 15.7. The summed E-state index contributed by atoms with van der Waals surface area (Å²) in [4.78, 5) is 0. The lowest BCUT2D eigenvalue weighted by atomic mass is 10.2. The van der Waals surface area contributed by atoms with Gasteiger partial charge in [0.05, 0.1) is 0 Å². The summed E-state index contributed by atoms with van der Waals surface area (Å²) < 4.78 is 31.3. The minimum Gasteiger partial charge on any atom is -0.488 e. The SMILES string of the molecule is FC(F)COc1cccc(CNc2ccc3nnc(C4CC4)n3n2)c1. The van der Waals surface area contributed by atoms with Gasteiger partial charge in [-0.3, -0.25) is 0 Å². The van der Waals surface area contributed by atoms with Gasteiger partial charge in [0.15, 0.2) is 11.5 Å². The largest absolute Gasteiger partial charge is 0.488 e. The number of anilines is 1. The molecule has 0 unspecified atom stereocenters. The van der Waals surface area contributed by atoms with Crippen LogP contribution in [0.4, 0.5) is 14.6 Å². The third-order valence-electron chi connectivity index (χ3n) is 3.98. The van der Waals surface area contributed by atoms with Gasteiger partial charge in [0.1, 0.15) is 18.2 Å². The number of alkyl halides is 2. The molecule has 0 atom stereocenters. The van der Waals surface area contributed by atoms with Crippen LogP contribution in [0.1, 0.15) is 30.1 Å². The van der Waals surface area contributed by atoms with Crippen molar-refractivity contribution in [2.45, 2.75) is 31.7 Å². The predicted octanol–water partition coefficient (Wildman–Crippen LogP) is 3.26. The van der Waals surface area contributed by atoms with Gasteiger partial charge in [-0.05, 0) is 42.7 Å². The number of nitrogens with zero attached hydrogens (tertiary/aromatic N) is 4.